The Labute approximate surface area is 120 Å². The molecule has 104 valence electrons. The van der Waals surface area contributed by atoms with Crippen molar-refractivity contribution in [3.63, 3.8) is 0 Å². The molecule has 20 heavy (non-hydrogen) atoms. The van der Waals surface area contributed by atoms with E-state index in [-0.39, 0.29) is 11.1 Å². The van der Waals surface area contributed by atoms with Gasteiger partial charge in [-0.15, -0.1) is 0 Å². The number of aromatic nitrogens is 2. The normalized spacial score (nSPS) is 17.6. The maximum atomic E-state index is 13.6. The van der Waals surface area contributed by atoms with Crippen LogP contribution in [0.15, 0.2) is 24.4 Å². The first kappa shape index (κ1) is 13.3. The van der Waals surface area contributed by atoms with E-state index in [9.17, 15) is 9.50 Å². The summed E-state index contributed by atoms with van der Waals surface area (Å²) in [6, 6.07) is 5.61. The van der Waals surface area contributed by atoms with E-state index in [4.69, 9.17) is 11.6 Å². The fourth-order valence-electron chi connectivity index (χ4n) is 2.42. The molecule has 2 aromatic rings. The Bertz CT molecular complexity index is 650. The van der Waals surface area contributed by atoms with Gasteiger partial charge in [0.1, 0.15) is 0 Å². The Balaban J connectivity index is 1.91. The van der Waals surface area contributed by atoms with Crippen molar-refractivity contribution >= 4 is 23.1 Å². The minimum atomic E-state index is -0.576. The number of aliphatic hydroxyl groups is 1. The minimum absolute atomic E-state index is 0.0214. The van der Waals surface area contributed by atoms with Crippen molar-refractivity contribution in [2.75, 3.05) is 5.32 Å². The topological polar surface area (TPSA) is 58.0 Å². The van der Waals surface area contributed by atoms with Crippen molar-refractivity contribution in [2.45, 2.75) is 25.4 Å². The van der Waals surface area contributed by atoms with E-state index in [0.29, 0.717) is 5.69 Å². The van der Waals surface area contributed by atoms with E-state index in [1.165, 1.54) is 0 Å². The van der Waals surface area contributed by atoms with Crippen LogP contribution in [0.1, 0.15) is 30.1 Å². The van der Waals surface area contributed by atoms with Crippen LogP contribution in [0.25, 0.3) is 0 Å². The van der Waals surface area contributed by atoms with Crippen LogP contribution in [0.2, 0.25) is 5.28 Å². The summed E-state index contributed by atoms with van der Waals surface area (Å²) in [5, 5.41) is 12.8. The van der Waals surface area contributed by atoms with Gasteiger partial charge in [-0.25, -0.2) is 9.37 Å². The highest BCUT2D eigenvalue weighted by Gasteiger charge is 2.18. The summed E-state index contributed by atoms with van der Waals surface area (Å²) in [7, 11) is 0. The summed E-state index contributed by atoms with van der Waals surface area (Å²) in [4.78, 5) is 7.37. The van der Waals surface area contributed by atoms with Crippen molar-refractivity contribution in [1.29, 1.82) is 0 Å². The van der Waals surface area contributed by atoms with Gasteiger partial charge in [0, 0.05) is 5.69 Å². The van der Waals surface area contributed by atoms with Gasteiger partial charge in [-0.3, -0.25) is 0 Å². The monoisotopic (exact) mass is 293 g/mol. The molecule has 1 aromatic heterocycles. The SMILES string of the molecule is OC1CCCc2ccc(Nc3nc(Cl)ncc3F)cc21. The third-order valence-electron chi connectivity index (χ3n) is 3.41. The molecular formula is C14H13ClFN3O. The molecule has 4 nitrogen and oxygen atoms in total. The summed E-state index contributed by atoms with van der Waals surface area (Å²) in [5.41, 5.74) is 2.69. The maximum Gasteiger partial charge on any atom is 0.224 e. The van der Waals surface area contributed by atoms with Gasteiger partial charge in [0.25, 0.3) is 0 Å². The Kier molecular flexibility index (Phi) is 3.54. The number of aliphatic hydroxyl groups excluding tert-OH is 1. The van der Waals surface area contributed by atoms with Crippen LogP contribution in [0.3, 0.4) is 0 Å². The highest BCUT2D eigenvalue weighted by Crippen LogP contribution is 2.32. The average Bonchev–Trinajstić information content (AvgIpc) is 2.44. The van der Waals surface area contributed by atoms with E-state index in [0.717, 1.165) is 36.6 Å². The summed E-state index contributed by atoms with van der Waals surface area (Å²) < 4.78 is 13.6. The van der Waals surface area contributed by atoms with Crippen molar-refractivity contribution < 1.29 is 9.50 Å². The second kappa shape index (κ2) is 5.34. The van der Waals surface area contributed by atoms with Crippen LogP contribution in [-0.2, 0) is 6.42 Å². The van der Waals surface area contributed by atoms with Crippen LogP contribution in [-0.4, -0.2) is 15.1 Å². The summed E-state index contributed by atoms with van der Waals surface area (Å²) in [6.07, 6.45) is 3.26. The first-order chi connectivity index (χ1) is 9.63. The van der Waals surface area contributed by atoms with Crippen molar-refractivity contribution in [1.82, 2.24) is 9.97 Å². The third kappa shape index (κ3) is 2.59. The number of nitrogens with zero attached hydrogens (tertiary/aromatic N) is 2. The van der Waals surface area contributed by atoms with Crippen molar-refractivity contribution in [2.24, 2.45) is 0 Å². The quantitative estimate of drug-likeness (QED) is 0.833. The zero-order valence-corrected chi connectivity index (χ0v) is 11.4. The number of benzene rings is 1. The van der Waals surface area contributed by atoms with E-state index < -0.39 is 11.9 Å². The molecule has 0 saturated carbocycles. The van der Waals surface area contributed by atoms with Gasteiger partial charge in [-0.2, -0.15) is 4.98 Å². The van der Waals surface area contributed by atoms with Crippen LogP contribution < -0.4 is 5.32 Å². The second-order valence-electron chi connectivity index (χ2n) is 4.78. The fourth-order valence-corrected chi connectivity index (χ4v) is 2.56. The maximum absolute atomic E-state index is 13.6. The Morgan fingerprint density at radius 3 is 3.10 bits per heavy atom. The molecule has 0 amide bonds. The molecule has 2 N–H and O–H groups in total. The van der Waals surface area contributed by atoms with Gasteiger partial charge in [0.05, 0.1) is 12.3 Å². The van der Waals surface area contributed by atoms with Gasteiger partial charge in [0.15, 0.2) is 11.6 Å². The molecule has 1 aliphatic rings. The Hall–Kier alpha value is -1.72. The van der Waals surface area contributed by atoms with E-state index in [1.54, 1.807) is 0 Å². The molecule has 0 aliphatic heterocycles. The largest absolute Gasteiger partial charge is 0.388 e. The molecule has 1 aromatic carbocycles. The fraction of sp³-hybridized carbons (Fsp3) is 0.286. The average molecular weight is 294 g/mol. The van der Waals surface area contributed by atoms with E-state index in [2.05, 4.69) is 15.3 Å². The zero-order chi connectivity index (χ0) is 14.1. The van der Waals surface area contributed by atoms with Gasteiger partial charge in [-0.05, 0) is 54.1 Å². The van der Waals surface area contributed by atoms with Gasteiger partial charge in [-0.1, -0.05) is 6.07 Å². The molecule has 1 heterocycles. The third-order valence-corrected chi connectivity index (χ3v) is 3.59. The number of nitrogens with one attached hydrogen (secondary N) is 1. The molecule has 0 spiro atoms. The van der Waals surface area contributed by atoms with E-state index >= 15 is 0 Å². The number of hydrogen-bond donors (Lipinski definition) is 2. The highest BCUT2D eigenvalue weighted by atomic mass is 35.5. The molecule has 0 saturated heterocycles. The smallest absolute Gasteiger partial charge is 0.224 e. The Morgan fingerprint density at radius 1 is 1.40 bits per heavy atom. The number of hydrogen-bond acceptors (Lipinski definition) is 4. The predicted octanol–water partition coefficient (Wildman–Crippen LogP) is 3.38. The Morgan fingerprint density at radius 2 is 2.25 bits per heavy atom. The lowest BCUT2D eigenvalue weighted by Gasteiger charge is -2.22. The summed E-state index contributed by atoms with van der Waals surface area (Å²) in [6.45, 7) is 0. The number of halogens is 2. The molecule has 6 heteroatoms. The van der Waals surface area contributed by atoms with Crippen LogP contribution >= 0.6 is 11.6 Å². The lowest BCUT2D eigenvalue weighted by atomic mass is 9.89. The number of anilines is 2. The van der Waals surface area contributed by atoms with Gasteiger partial charge < -0.3 is 10.4 Å². The van der Waals surface area contributed by atoms with E-state index in [1.807, 2.05) is 18.2 Å². The predicted molar refractivity (Wildman–Crippen MR) is 74.6 cm³/mol. The lowest BCUT2D eigenvalue weighted by Crippen LogP contribution is -2.09. The molecule has 1 atom stereocenters. The second-order valence-corrected chi connectivity index (χ2v) is 5.12. The lowest BCUT2D eigenvalue weighted by molar-refractivity contribution is 0.156. The molecular weight excluding hydrogens is 281 g/mol. The molecule has 0 bridgehead atoms. The summed E-state index contributed by atoms with van der Waals surface area (Å²) in [5.74, 6) is -0.553. The standard InChI is InChI=1S/C14H13ClFN3O/c15-14-17-7-11(16)13(19-14)18-9-5-4-8-2-1-3-12(20)10(8)6-9/h4-7,12,20H,1-3H2,(H,17,18,19). The molecule has 1 aliphatic carbocycles. The van der Waals surface area contributed by atoms with Crippen molar-refractivity contribution in [3.8, 4) is 0 Å². The first-order valence-electron chi connectivity index (χ1n) is 6.39. The molecule has 0 fully saturated rings. The number of fused-ring (bicyclic) bond motifs is 1. The van der Waals surface area contributed by atoms with Crippen molar-refractivity contribution in [3.05, 3.63) is 46.6 Å². The van der Waals surface area contributed by atoms with Crippen LogP contribution in [0.4, 0.5) is 15.9 Å². The zero-order valence-electron chi connectivity index (χ0n) is 10.6. The number of rotatable bonds is 2. The molecule has 0 radical (unpaired) electrons. The molecule has 3 rings (SSSR count). The minimum Gasteiger partial charge on any atom is -0.388 e. The van der Waals surface area contributed by atoms with Crippen LogP contribution in [0, 0.1) is 5.82 Å². The summed E-state index contributed by atoms with van der Waals surface area (Å²) >= 11 is 5.65. The number of aryl methyl sites for hydroxylation is 1. The molecule has 1 unspecified atom stereocenters. The first-order valence-corrected chi connectivity index (χ1v) is 6.77. The highest BCUT2D eigenvalue weighted by molar-refractivity contribution is 6.28. The van der Waals surface area contributed by atoms with Crippen LogP contribution in [0.5, 0.6) is 0 Å². The van der Waals surface area contributed by atoms with Gasteiger partial charge >= 0.3 is 0 Å². The van der Waals surface area contributed by atoms with Gasteiger partial charge in [0.2, 0.25) is 5.28 Å².